The minimum absolute atomic E-state index is 0.0266. The molecule has 126 valence electrons. The van der Waals surface area contributed by atoms with Crippen LogP contribution in [-0.4, -0.2) is 37.3 Å². The Morgan fingerprint density at radius 2 is 2.13 bits per heavy atom. The molecule has 0 bridgehead atoms. The number of hydrogen-bond donors (Lipinski definition) is 1. The van der Waals surface area contributed by atoms with Crippen LogP contribution >= 0.6 is 11.8 Å². The Bertz CT molecular complexity index is 670. The molecule has 0 fully saturated rings. The lowest BCUT2D eigenvalue weighted by atomic mass is 10.1. The van der Waals surface area contributed by atoms with E-state index in [9.17, 15) is 4.79 Å². The number of hydrogen-bond acceptors (Lipinski definition) is 5. The van der Waals surface area contributed by atoms with E-state index < -0.39 is 0 Å². The number of thioether (sulfide) groups is 1. The van der Waals surface area contributed by atoms with Crippen LogP contribution < -0.4 is 5.32 Å². The zero-order chi connectivity index (χ0) is 16.8. The highest BCUT2D eigenvalue weighted by atomic mass is 32.2. The quantitative estimate of drug-likeness (QED) is 0.593. The summed E-state index contributed by atoms with van der Waals surface area (Å²) in [6.45, 7) is 8.13. The van der Waals surface area contributed by atoms with Gasteiger partial charge < -0.3 is 5.32 Å². The molecule has 2 rings (SSSR count). The number of unbranched alkanes of at least 4 members (excludes halogenated alkanes) is 2. The number of carbonyl (C=O) groups excluding carboxylic acids is 1. The highest BCUT2D eigenvalue weighted by Crippen LogP contribution is 2.15. The standard InChI is InChI=1S/C16H25N5OS/c1-5-6-7-8-11(2)17-14(22)10-23-16-19-15-18-12(3)9-13(4)21(15)20-16/h9,11H,5-8,10H2,1-4H3,(H,17,22)/t11-/m0/s1. The Balaban J connectivity index is 1.86. The highest BCUT2D eigenvalue weighted by Gasteiger charge is 2.12. The largest absolute Gasteiger partial charge is 0.353 e. The van der Waals surface area contributed by atoms with Crippen LogP contribution in [0.15, 0.2) is 11.2 Å². The van der Waals surface area contributed by atoms with E-state index in [2.05, 4.69) is 34.2 Å². The van der Waals surface area contributed by atoms with Gasteiger partial charge in [0.2, 0.25) is 11.1 Å². The van der Waals surface area contributed by atoms with Crippen molar-refractivity contribution in [2.75, 3.05) is 5.75 Å². The minimum Gasteiger partial charge on any atom is -0.353 e. The van der Waals surface area contributed by atoms with Crippen LogP contribution in [0.1, 0.15) is 50.9 Å². The summed E-state index contributed by atoms with van der Waals surface area (Å²) < 4.78 is 1.71. The van der Waals surface area contributed by atoms with Gasteiger partial charge in [0.05, 0.1) is 5.75 Å². The van der Waals surface area contributed by atoms with Crippen LogP contribution in [0.4, 0.5) is 0 Å². The third-order valence-electron chi connectivity index (χ3n) is 3.58. The van der Waals surface area contributed by atoms with Crippen molar-refractivity contribution < 1.29 is 4.79 Å². The Labute approximate surface area is 141 Å². The molecule has 2 aromatic rings. The van der Waals surface area contributed by atoms with Crippen LogP contribution in [0.2, 0.25) is 0 Å². The van der Waals surface area contributed by atoms with Gasteiger partial charge in [0, 0.05) is 17.4 Å². The number of amides is 1. The normalized spacial score (nSPS) is 12.5. The first-order valence-corrected chi connectivity index (χ1v) is 9.11. The first-order chi connectivity index (χ1) is 11.0. The number of nitrogens with one attached hydrogen (secondary N) is 1. The second-order valence-corrected chi connectivity index (χ2v) is 6.84. The summed E-state index contributed by atoms with van der Waals surface area (Å²) in [7, 11) is 0. The van der Waals surface area contributed by atoms with Gasteiger partial charge in [-0.25, -0.2) is 9.50 Å². The maximum atomic E-state index is 12.0. The fourth-order valence-corrected chi connectivity index (χ4v) is 3.06. The van der Waals surface area contributed by atoms with Gasteiger partial charge in [-0.3, -0.25) is 4.79 Å². The summed E-state index contributed by atoms with van der Waals surface area (Å²) in [4.78, 5) is 20.7. The van der Waals surface area contributed by atoms with E-state index in [-0.39, 0.29) is 11.9 Å². The summed E-state index contributed by atoms with van der Waals surface area (Å²) in [6, 6.07) is 2.18. The molecule has 2 heterocycles. The molecule has 1 atom stereocenters. The van der Waals surface area contributed by atoms with Gasteiger partial charge >= 0.3 is 0 Å². The average Bonchev–Trinajstić information content (AvgIpc) is 2.88. The number of fused-ring (bicyclic) bond motifs is 1. The minimum atomic E-state index is 0.0266. The van der Waals surface area contributed by atoms with Crippen molar-refractivity contribution in [2.45, 2.75) is 64.6 Å². The molecule has 1 N–H and O–H groups in total. The molecule has 0 aliphatic heterocycles. The lowest BCUT2D eigenvalue weighted by Gasteiger charge is -2.12. The molecule has 0 unspecified atom stereocenters. The van der Waals surface area contributed by atoms with Gasteiger partial charge in [-0.2, -0.15) is 4.98 Å². The fraction of sp³-hybridized carbons (Fsp3) is 0.625. The molecular formula is C16H25N5OS. The maximum absolute atomic E-state index is 12.0. The third-order valence-corrected chi connectivity index (χ3v) is 4.42. The first-order valence-electron chi connectivity index (χ1n) is 8.12. The predicted molar refractivity (Wildman–Crippen MR) is 92.7 cm³/mol. The Hall–Kier alpha value is -1.63. The molecule has 0 saturated carbocycles. The van der Waals surface area contributed by atoms with E-state index in [1.807, 2.05) is 19.9 Å². The van der Waals surface area contributed by atoms with E-state index in [1.54, 1.807) is 4.52 Å². The highest BCUT2D eigenvalue weighted by molar-refractivity contribution is 7.99. The van der Waals surface area contributed by atoms with Crippen molar-refractivity contribution in [3.63, 3.8) is 0 Å². The van der Waals surface area contributed by atoms with Gasteiger partial charge in [-0.15, -0.1) is 5.10 Å². The van der Waals surface area contributed by atoms with Gasteiger partial charge in [0.25, 0.3) is 5.78 Å². The van der Waals surface area contributed by atoms with Gasteiger partial charge in [-0.05, 0) is 33.3 Å². The summed E-state index contributed by atoms with van der Waals surface area (Å²) >= 11 is 1.34. The number of nitrogens with zero attached hydrogens (tertiary/aromatic N) is 4. The van der Waals surface area contributed by atoms with E-state index in [0.29, 0.717) is 16.7 Å². The molecule has 0 saturated heterocycles. The number of aromatic nitrogens is 4. The average molecular weight is 335 g/mol. The monoisotopic (exact) mass is 335 g/mol. The van der Waals surface area contributed by atoms with Crippen LogP contribution in [0.25, 0.3) is 5.78 Å². The topological polar surface area (TPSA) is 72.2 Å². The summed E-state index contributed by atoms with van der Waals surface area (Å²) in [5, 5.41) is 8.00. The number of carbonyl (C=O) groups is 1. The van der Waals surface area contributed by atoms with Gasteiger partial charge in [0.15, 0.2) is 0 Å². The molecule has 0 radical (unpaired) electrons. The second-order valence-electron chi connectivity index (χ2n) is 5.90. The fourth-order valence-electron chi connectivity index (χ4n) is 2.43. The smallest absolute Gasteiger partial charge is 0.253 e. The Morgan fingerprint density at radius 3 is 2.87 bits per heavy atom. The van der Waals surface area contributed by atoms with Crippen molar-refractivity contribution in [3.8, 4) is 0 Å². The zero-order valence-electron chi connectivity index (χ0n) is 14.3. The lowest BCUT2D eigenvalue weighted by molar-refractivity contribution is -0.119. The molecule has 0 spiro atoms. The summed E-state index contributed by atoms with van der Waals surface area (Å²) in [5.74, 6) is 0.935. The Kier molecular flexibility index (Phi) is 6.38. The number of rotatable bonds is 8. The second kappa shape index (κ2) is 8.29. The molecule has 0 aliphatic carbocycles. The van der Waals surface area contributed by atoms with Gasteiger partial charge in [0.1, 0.15) is 0 Å². The molecule has 0 aromatic carbocycles. The lowest BCUT2D eigenvalue weighted by Crippen LogP contribution is -2.33. The van der Waals surface area contributed by atoms with E-state index in [1.165, 1.54) is 24.6 Å². The van der Waals surface area contributed by atoms with Gasteiger partial charge in [-0.1, -0.05) is 37.9 Å². The molecule has 2 aromatic heterocycles. The summed E-state index contributed by atoms with van der Waals surface area (Å²) in [6.07, 6.45) is 4.59. The molecule has 23 heavy (non-hydrogen) atoms. The molecule has 7 heteroatoms. The van der Waals surface area contributed by atoms with Crippen LogP contribution in [0, 0.1) is 13.8 Å². The van der Waals surface area contributed by atoms with Crippen molar-refractivity contribution in [3.05, 3.63) is 17.5 Å². The van der Waals surface area contributed by atoms with Crippen LogP contribution in [-0.2, 0) is 4.79 Å². The Morgan fingerprint density at radius 1 is 1.35 bits per heavy atom. The van der Waals surface area contributed by atoms with Crippen molar-refractivity contribution in [1.29, 1.82) is 0 Å². The van der Waals surface area contributed by atoms with Crippen molar-refractivity contribution in [2.24, 2.45) is 0 Å². The predicted octanol–water partition coefficient (Wildman–Crippen LogP) is 2.92. The molecule has 1 amide bonds. The van der Waals surface area contributed by atoms with Crippen molar-refractivity contribution in [1.82, 2.24) is 24.9 Å². The third kappa shape index (κ3) is 5.20. The number of aryl methyl sites for hydroxylation is 2. The molecule has 6 nitrogen and oxygen atoms in total. The summed E-state index contributed by atoms with van der Waals surface area (Å²) in [5.41, 5.74) is 1.90. The van der Waals surface area contributed by atoms with E-state index >= 15 is 0 Å². The van der Waals surface area contributed by atoms with Crippen LogP contribution in [0.3, 0.4) is 0 Å². The SMILES string of the molecule is CCCCC[C@H](C)NC(=O)CSc1nc2nc(C)cc(C)n2n1. The molecular weight excluding hydrogens is 310 g/mol. The maximum Gasteiger partial charge on any atom is 0.253 e. The molecule has 0 aliphatic rings. The zero-order valence-corrected chi connectivity index (χ0v) is 15.1. The van der Waals surface area contributed by atoms with E-state index in [4.69, 9.17) is 0 Å². The van der Waals surface area contributed by atoms with Crippen molar-refractivity contribution >= 4 is 23.4 Å². The first kappa shape index (κ1) is 17.7. The van der Waals surface area contributed by atoms with E-state index in [0.717, 1.165) is 24.2 Å². The van der Waals surface area contributed by atoms with Crippen LogP contribution in [0.5, 0.6) is 0 Å².